The average Bonchev–Trinajstić information content (AvgIpc) is 2.71. The first-order valence-electron chi connectivity index (χ1n) is 10.1. The molecule has 0 bridgehead atoms. The van der Waals surface area contributed by atoms with Gasteiger partial charge in [0.25, 0.3) is 0 Å². The lowest BCUT2D eigenvalue weighted by molar-refractivity contribution is -0.117. The highest BCUT2D eigenvalue weighted by atomic mass is 79.9. The van der Waals surface area contributed by atoms with E-state index in [1.807, 2.05) is 6.07 Å². The van der Waals surface area contributed by atoms with Gasteiger partial charge in [0.1, 0.15) is 0 Å². The predicted octanol–water partition coefficient (Wildman–Crippen LogP) is 6.17. The van der Waals surface area contributed by atoms with Crippen LogP contribution in [0.25, 0.3) is 0 Å². The number of nitrogens with zero attached hydrogens (tertiary/aromatic N) is 1. The van der Waals surface area contributed by atoms with E-state index >= 15 is 0 Å². The van der Waals surface area contributed by atoms with Gasteiger partial charge >= 0.3 is 0 Å². The largest absolute Gasteiger partial charge is 0.324 e. The Morgan fingerprint density at radius 2 is 1.66 bits per heavy atom. The number of nitrogens with one attached hydrogen (secondary N) is 1. The molecule has 0 aliphatic carbocycles. The maximum absolute atomic E-state index is 13.1. The summed E-state index contributed by atoms with van der Waals surface area (Å²) in [7, 11) is 0. The van der Waals surface area contributed by atoms with E-state index in [0.29, 0.717) is 28.4 Å². The van der Waals surface area contributed by atoms with Crippen LogP contribution in [0, 0.1) is 0 Å². The smallest absolute Gasteiger partial charge is 0.238 e. The average molecular weight is 480 g/mol. The summed E-state index contributed by atoms with van der Waals surface area (Å²) in [5, 5.41) is 3.31. The summed E-state index contributed by atoms with van der Waals surface area (Å²) in [5.74, 6) is -0.339. The molecule has 2 rings (SSSR count). The van der Waals surface area contributed by atoms with Crippen molar-refractivity contribution in [1.29, 1.82) is 0 Å². The number of anilines is 1. The van der Waals surface area contributed by atoms with Crippen LogP contribution in [-0.2, 0) is 4.79 Å². The standard InChI is InChI=1S/C23H28BrClN2O2/c1-3-5-13-27(14-6-4-2)16-22(28)26-21-12-11-17(24)15-19(21)23(29)18-9-7-8-10-20(18)25/h7-12,15H,3-6,13-14,16H2,1-2H3,(H,26,28). The van der Waals surface area contributed by atoms with E-state index in [1.54, 1.807) is 36.4 Å². The van der Waals surface area contributed by atoms with Gasteiger partial charge < -0.3 is 5.32 Å². The van der Waals surface area contributed by atoms with Crippen LogP contribution in [0.5, 0.6) is 0 Å². The van der Waals surface area contributed by atoms with Crippen LogP contribution in [0.4, 0.5) is 5.69 Å². The van der Waals surface area contributed by atoms with Gasteiger partial charge in [0.15, 0.2) is 5.78 Å². The summed E-state index contributed by atoms with van der Waals surface area (Å²) in [4.78, 5) is 27.9. The molecule has 156 valence electrons. The van der Waals surface area contributed by atoms with Crippen molar-refractivity contribution >= 4 is 44.9 Å². The van der Waals surface area contributed by atoms with E-state index in [1.165, 1.54) is 0 Å². The molecule has 1 N–H and O–H groups in total. The molecule has 0 saturated carbocycles. The molecule has 2 aromatic carbocycles. The fraction of sp³-hybridized carbons (Fsp3) is 0.391. The van der Waals surface area contributed by atoms with E-state index in [4.69, 9.17) is 11.6 Å². The highest BCUT2D eigenvalue weighted by molar-refractivity contribution is 9.10. The van der Waals surface area contributed by atoms with E-state index < -0.39 is 0 Å². The zero-order chi connectivity index (χ0) is 21.2. The Morgan fingerprint density at radius 3 is 2.28 bits per heavy atom. The summed E-state index contributed by atoms with van der Waals surface area (Å²) in [6.45, 7) is 6.40. The third-order valence-electron chi connectivity index (χ3n) is 4.64. The Hall–Kier alpha value is -1.69. The Balaban J connectivity index is 2.19. The summed E-state index contributed by atoms with van der Waals surface area (Å²) in [6, 6.07) is 12.2. The quantitative estimate of drug-likeness (QED) is 0.392. The first-order chi connectivity index (χ1) is 14.0. The molecule has 0 fully saturated rings. The lowest BCUT2D eigenvalue weighted by atomic mass is 10.0. The van der Waals surface area contributed by atoms with Gasteiger partial charge in [-0.15, -0.1) is 0 Å². The lowest BCUT2D eigenvalue weighted by Gasteiger charge is -2.21. The number of carbonyl (C=O) groups is 2. The number of ketones is 1. The maximum atomic E-state index is 13.1. The zero-order valence-corrected chi connectivity index (χ0v) is 19.4. The lowest BCUT2D eigenvalue weighted by Crippen LogP contribution is -2.35. The van der Waals surface area contributed by atoms with Crippen molar-refractivity contribution in [3.63, 3.8) is 0 Å². The zero-order valence-electron chi connectivity index (χ0n) is 17.0. The van der Waals surface area contributed by atoms with Crippen LogP contribution in [0.1, 0.15) is 55.5 Å². The van der Waals surface area contributed by atoms with Crippen LogP contribution in [-0.4, -0.2) is 36.2 Å². The van der Waals surface area contributed by atoms with E-state index in [-0.39, 0.29) is 11.7 Å². The number of carbonyl (C=O) groups excluding carboxylic acids is 2. The summed E-state index contributed by atoms with van der Waals surface area (Å²) >= 11 is 9.62. The number of amides is 1. The third kappa shape index (κ3) is 7.25. The van der Waals surface area contributed by atoms with Crippen molar-refractivity contribution < 1.29 is 9.59 Å². The second-order valence-corrected chi connectivity index (χ2v) is 8.35. The van der Waals surface area contributed by atoms with Gasteiger partial charge in [0.05, 0.1) is 17.3 Å². The Kier molecular flexibility index (Phi) is 9.85. The van der Waals surface area contributed by atoms with Crippen molar-refractivity contribution in [1.82, 2.24) is 4.90 Å². The van der Waals surface area contributed by atoms with Crippen molar-refractivity contribution in [3.8, 4) is 0 Å². The number of unbranched alkanes of at least 4 members (excludes halogenated alkanes) is 2. The molecule has 0 aliphatic rings. The molecule has 0 atom stereocenters. The number of halogens is 2. The predicted molar refractivity (Wildman–Crippen MR) is 124 cm³/mol. The highest BCUT2D eigenvalue weighted by Gasteiger charge is 2.19. The molecule has 6 heteroatoms. The molecule has 0 radical (unpaired) electrons. The number of rotatable bonds is 11. The topological polar surface area (TPSA) is 49.4 Å². The molecule has 0 saturated heterocycles. The molecule has 4 nitrogen and oxygen atoms in total. The number of benzene rings is 2. The summed E-state index contributed by atoms with van der Waals surface area (Å²) < 4.78 is 0.762. The normalized spacial score (nSPS) is 10.9. The Labute approximate surface area is 186 Å². The van der Waals surface area contributed by atoms with Gasteiger partial charge in [0.2, 0.25) is 5.91 Å². The molecule has 0 aromatic heterocycles. The molecule has 2 aromatic rings. The minimum absolute atomic E-state index is 0.118. The maximum Gasteiger partial charge on any atom is 0.238 e. The van der Waals surface area contributed by atoms with Gasteiger partial charge in [-0.25, -0.2) is 0 Å². The molecule has 0 spiro atoms. The van der Waals surface area contributed by atoms with E-state index in [0.717, 1.165) is 43.2 Å². The number of hydrogen-bond acceptors (Lipinski definition) is 3. The molecule has 0 unspecified atom stereocenters. The van der Waals surface area contributed by atoms with Crippen LogP contribution < -0.4 is 5.32 Å². The molecule has 0 heterocycles. The van der Waals surface area contributed by atoms with Crippen LogP contribution in [0.3, 0.4) is 0 Å². The van der Waals surface area contributed by atoms with Gasteiger partial charge in [-0.3, -0.25) is 14.5 Å². The van der Waals surface area contributed by atoms with Gasteiger partial charge in [-0.1, -0.05) is 66.4 Å². The molecule has 29 heavy (non-hydrogen) atoms. The van der Waals surface area contributed by atoms with Gasteiger partial charge in [0, 0.05) is 15.6 Å². The first-order valence-corrected chi connectivity index (χ1v) is 11.2. The fourth-order valence-electron chi connectivity index (χ4n) is 3.03. The Bertz CT molecular complexity index is 833. The van der Waals surface area contributed by atoms with Crippen molar-refractivity contribution in [2.45, 2.75) is 39.5 Å². The monoisotopic (exact) mass is 478 g/mol. The van der Waals surface area contributed by atoms with Crippen LogP contribution >= 0.6 is 27.5 Å². The molecule has 1 amide bonds. The Morgan fingerprint density at radius 1 is 1.00 bits per heavy atom. The minimum Gasteiger partial charge on any atom is -0.324 e. The van der Waals surface area contributed by atoms with Crippen molar-refractivity contribution in [3.05, 3.63) is 63.1 Å². The van der Waals surface area contributed by atoms with E-state index in [9.17, 15) is 9.59 Å². The molecule has 0 aliphatic heterocycles. The SMILES string of the molecule is CCCCN(CCCC)CC(=O)Nc1ccc(Br)cc1C(=O)c1ccccc1Cl. The van der Waals surface area contributed by atoms with Gasteiger partial charge in [-0.2, -0.15) is 0 Å². The fourth-order valence-corrected chi connectivity index (χ4v) is 3.61. The van der Waals surface area contributed by atoms with E-state index in [2.05, 4.69) is 40.0 Å². The second kappa shape index (κ2) is 12.1. The second-order valence-electron chi connectivity index (χ2n) is 7.03. The first kappa shape index (κ1) is 23.6. The van der Waals surface area contributed by atoms with Crippen LogP contribution in [0.2, 0.25) is 5.02 Å². The van der Waals surface area contributed by atoms with Crippen molar-refractivity contribution in [2.75, 3.05) is 25.0 Å². The van der Waals surface area contributed by atoms with Crippen LogP contribution in [0.15, 0.2) is 46.9 Å². The molecular formula is C23H28BrClN2O2. The summed E-state index contributed by atoms with van der Waals surface area (Å²) in [6.07, 6.45) is 4.30. The molecular weight excluding hydrogens is 452 g/mol. The van der Waals surface area contributed by atoms with Crippen molar-refractivity contribution in [2.24, 2.45) is 0 Å². The summed E-state index contributed by atoms with van der Waals surface area (Å²) in [5.41, 5.74) is 1.32. The highest BCUT2D eigenvalue weighted by Crippen LogP contribution is 2.26. The van der Waals surface area contributed by atoms with Gasteiger partial charge in [-0.05, 0) is 56.3 Å². The minimum atomic E-state index is -0.221. The third-order valence-corrected chi connectivity index (χ3v) is 5.46. The number of hydrogen-bond donors (Lipinski definition) is 1.